The molecule has 0 radical (unpaired) electrons. The highest BCUT2D eigenvalue weighted by Gasteiger charge is 2.52. The van der Waals surface area contributed by atoms with E-state index in [2.05, 4.69) is 94.9 Å². The van der Waals surface area contributed by atoms with Crippen molar-refractivity contribution in [3.05, 3.63) is 128 Å². The fourth-order valence-electron chi connectivity index (χ4n) is 5.99. The molecule has 1 saturated heterocycles. The average Bonchev–Trinajstić information content (AvgIpc) is 3.57. The minimum Gasteiger partial charge on any atom is -0.399 e. The zero-order chi connectivity index (χ0) is 32.8. The van der Waals surface area contributed by atoms with Gasteiger partial charge in [0.05, 0.1) is 11.2 Å². The van der Waals surface area contributed by atoms with E-state index in [1.54, 1.807) is 6.08 Å². The van der Waals surface area contributed by atoms with Crippen molar-refractivity contribution in [1.29, 1.82) is 0 Å². The van der Waals surface area contributed by atoms with Crippen LogP contribution in [0.5, 0.6) is 0 Å². The number of fused-ring (bicyclic) bond motifs is 3. The SMILES string of the molecule is C=C/C=C\C(=C/C)c1nc(-c2ccccc2)nc(-c2cccc(-c3ccc4[pH]c5cccc(B6OC(C)(C)C(C)(C)O6)c5c4c3)c2)n1. The van der Waals surface area contributed by atoms with Gasteiger partial charge in [-0.25, -0.2) is 15.0 Å². The van der Waals surface area contributed by atoms with Crippen molar-refractivity contribution in [2.24, 2.45) is 0 Å². The molecule has 3 heterocycles. The maximum atomic E-state index is 6.52. The molecule has 1 fully saturated rings. The number of rotatable bonds is 7. The third-order valence-electron chi connectivity index (χ3n) is 9.26. The van der Waals surface area contributed by atoms with Crippen LogP contribution < -0.4 is 5.46 Å². The summed E-state index contributed by atoms with van der Waals surface area (Å²) in [5, 5.41) is 5.14. The lowest BCUT2D eigenvalue weighted by Crippen LogP contribution is -2.41. The summed E-state index contributed by atoms with van der Waals surface area (Å²) < 4.78 is 13.0. The standard InChI is InChI=1S/C40H37BN3O2P/c1-7-9-15-26(8-2)36-42-37(27-16-11-10-12-17-27)44-38(43-36)30-19-13-18-28(24-30)29-22-23-33-31(25-29)35-32(20-14-21-34(35)47-33)41-45-39(3,4)40(5,6)46-41/h7-25,47H,1H2,2-6H3/b15-9-,26-8+. The predicted octanol–water partition coefficient (Wildman–Crippen LogP) is 9.65. The summed E-state index contributed by atoms with van der Waals surface area (Å²) in [7, 11) is 0.171. The lowest BCUT2D eigenvalue weighted by Gasteiger charge is -2.32. The molecule has 1 aliphatic rings. The summed E-state index contributed by atoms with van der Waals surface area (Å²) in [4.78, 5) is 14.8. The lowest BCUT2D eigenvalue weighted by atomic mass is 9.76. The van der Waals surface area contributed by atoms with E-state index in [9.17, 15) is 0 Å². The summed E-state index contributed by atoms with van der Waals surface area (Å²) in [6.07, 6.45) is 7.62. The Hall–Kier alpha value is -4.61. The van der Waals surface area contributed by atoms with Gasteiger partial charge in [-0.3, -0.25) is 0 Å². The second-order valence-electron chi connectivity index (χ2n) is 12.8. The van der Waals surface area contributed by atoms with E-state index < -0.39 is 18.3 Å². The van der Waals surface area contributed by atoms with Crippen molar-refractivity contribution in [3.63, 3.8) is 0 Å². The Morgan fingerprint density at radius 3 is 2.11 bits per heavy atom. The Labute approximate surface area is 278 Å². The summed E-state index contributed by atoms with van der Waals surface area (Å²) in [6, 6.07) is 31.8. The van der Waals surface area contributed by atoms with Crippen LogP contribution in [0.1, 0.15) is 40.4 Å². The topological polar surface area (TPSA) is 57.1 Å². The molecule has 0 spiro atoms. The molecule has 232 valence electrons. The van der Waals surface area contributed by atoms with Gasteiger partial charge in [0.25, 0.3) is 0 Å². The molecule has 0 aliphatic carbocycles. The van der Waals surface area contributed by atoms with Crippen molar-refractivity contribution in [3.8, 4) is 33.9 Å². The molecule has 1 atom stereocenters. The number of aromatic nitrogens is 3. The summed E-state index contributed by atoms with van der Waals surface area (Å²) in [5.41, 5.74) is 5.27. The molecule has 0 saturated carbocycles. The van der Waals surface area contributed by atoms with Crippen molar-refractivity contribution >= 4 is 47.4 Å². The third kappa shape index (κ3) is 5.78. The molecule has 6 aromatic rings. The Kier molecular flexibility index (Phi) is 8.05. The maximum absolute atomic E-state index is 6.52. The Morgan fingerprint density at radius 2 is 1.38 bits per heavy atom. The van der Waals surface area contributed by atoms with Gasteiger partial charge < -0.3 is 9.31 Å². The number of benzene rings is 4. The summed E-state index contributed by atoms with van der Waals surface area (Å²) >= 11 is 0. The van der Waals surface area contributed by atoms with Crippen LogP contribution in [-0.2, 0) is 9.31 Å². The maximum Gasteiger partial charge on any atom is 0.495 e. The van der Waals surface area contributed by atoms with Crippen molar-refractivity contribution in [1.82, 2.24) is 15.0 Å². The predicted molar refractivity (Wildman–Crippen MR) is 199 cm³/mol. The van der Waals surface area contributed by atoms with Gasteiger partial charge in [0, 0.05) is 16.7 Å². The second kappa shape index (κ2) is 12.2. The van der Waals surface area contributed by atoms with Gasteiger partial charge in [-0.1, -0.05) is 104 Å². The van der Waals surface area contributed by atoms with Gasteiger partial charge in [0.1, 0.15) is 0 Å². The normalized spacial score (nSPS) is 16.2. The molecule has 1 aliphatic heterocycles. The monoisotopic (exact) mass is 633 g/mol. The third-order valence-corrected chi connectivity index (χ3v) is 10.7. The van der Waals surface area contributed by atoms with Gasteiger partial charge in [0.2, 0.25) is 0 Å². The first-order valence-corrected chi connectivity index (χ1v) is 17.0. The van der Waals surface area contributed by atoms with Gasteiger partial charge in [-0.2, -0.15) is 0 Å². The first kappa shape index (κ1) is 31.0. The molecule has 2 aromatic heterocycles. The number of nitrogens with zero attached hydrogens (tertiary/aromatic N) is 3. The molecule has 4 aromatic carbocycles. The summed E-state index contributed by atoms with van der Waals surface area (Å²) in [5.74, 6) is 1.87. The van der Waals surface area contributed by atoms with E-state index >= 15 is 0 Å². The van der Waals surface area contributed by atoms with E-state index in [0.717, 1.165) is 33.3 Å². The Morgan fingerprint density at radius 1 is 0.723 bits per heavy atom. The first-order valence-electron chi connectivity index (χ1n) is 16.0. The van der Waals surface area contributed by atoms with Crippen LogP contribution in [0, 0.1) is 0 Å². The smallest absolute Gasteiger partial charge is 0.399 e. The first-order chi connectivity index (χ1) is 22.7. The molecule has 7 rings (SSSR count). The van der Waals surface area contributed by atoms with Crippen LogP contribution in [0.3, 0.4) is 0 Å². The van der Waals surface area contributed by atoms with Crippen molar-refractivity contribution in [2.45, 2.75) is 45.8 Å². The molecular formula is C40H37BN3O2P. The zero-order valence-corrected chi connectivity index (χ0v) is 28.4. The highest BCUT2D eigenvalue weighted by molar-refractivity contribution is 7.44. The zero-order valence-electron chi connectivity index (χ0n) is 27.4. The van der Waals surface area contributed by atoms with Crippen LogP contribution in [-0.4, -0.2) is 33.3 Å². The minimum absolute atomic E-state index is 0.405. The average molecular weight is 634 g/mol. The quantitative estimate of drug-likeness (QED) is 0.129. The summed E-state index contributed by atoms with van der Waals surface area (Å²) in [6.45, 7) is 14.2. The van der Waals surface area contributed by atoms with E-state index in [4.69, 9.17) is 24.3 Å². The van der Waals surface area contributed by atoms with Crippen LogP contribution in [0.15, 0.2) is 122 Å². The Balaban J connectivity index is 1.33. The molecule has 7 heteroatoms. The van der Waals surface area contributed by atoms with Crippen LogP contribution in [0.2, 0.25) is 0 Å². The van der Waals surface area contributed by atoms with Gasteiger partial charge in [-0.15, -0.1) is 8.19 Å². The highest BCUT2D eigenvalue weighted by Crippen LogP contribution is 2.42. The van der Waals surface area contributed by atoms with Crippen LogP contribution in [0.4, 0.5) is 0 Å². The molecule has 0 amide bonds. The van der Waals surface area contributed by atoms with E-state index in [0.29, 0.717) is 25.7 Å². The van der Waals surface area contributed by atoms with Crippen LogP contribution >= 0.6 is 8.19 Å². The largest absolute Gasteiger partial charge is 0.495 e. The van der Waals surface area contributed by atoms with Gasteiger partial charge >= 0.3 is 7.12 Å². The lowest BCUT2D eigenvalue weighted by molar-refractivity contribution is 0.00578. The van der Waals surface area contributed by atoms with E-state index in [-0.39, 0.29) is 0 Å². The fraction of sp³-hybridized carbons (Fsp3) is 0.175. The number of hydrogen-bond acceptors (Lipinski definition) is 5. The highest BCUT2D eigenvalue weighted by atomic mass is 31.0. The molecule has 5 nitrogen and oxygen atoms in total. The van der Waals surface area contributed by atoms with Crippen molar-refractivity contribution < 1.29 is 9.31 Å². The second-order valence-corrected chi connectivity index (χ2v) is 14.2. The van der Waals surface area contributed by atoms with E-state index in [1.807, 2.05) is 55.5 Å². The minimum atomic E-state index is -0.419. The van der Waals surface area contributed by atoms with E-state index in [1.165, 1.54) is 21.0 Å². The molecular weight excluding hydrogens is 596 g/mol. The molecule has 0 N–H and O–H groups in total. The molecule has 47 heavy (non-hydrogen) atoms. The van der Waals surface area contributed by atoms with Gasteiger partial charge in [0.15, 0.2) is 17.5 Å². The number of hydrogen-bond donors (Lipinski definition) is 0. The van der Waals surface area contributed by atoms with Crippen LogP contribution in [0.25, 0.3) is 60.5 Å². The van der Waals surface area contributed by atoms with Crippen molar-refractivity contribution in [2.75, 3.05) is 0 Å². The number of allylic oxidation sites excluding steroid dienone is 5. The Bertz CT molecular complexity index is 2180. The molecule has 1 unspecified atom stereocenters. The fourth-order valence-corrected chi connectivity index (χ4v) is 7.36. The van der Waals surface area contributed by atoms with Gasteiger partial charge in [-0.05, 0) is 90.4 Å². The molecule has 0 bridgehead atoms.